The van der Waals surface area contributed by atoms with Gasteiger partial charge in [0.25, 0.3) is 0 Å². The van der Waals surface area contributed by atoms with Crippen LogP contribution in [0.3, 0.4) is 0 Å². The van der Waals surface area contributed by atoms with Gasteiger partial charge < -0.3 is 9.13 Å². The lowest BCUT2D eigenvalue weighted by Crippen LogP contribution is -2.60. The Morgan fingerprint density at radius 1 is 0.737 bits per heavy atom. The van der Waals surface area contributed by atoms with Gasteiger partial charge in [-0.2, -0.15) is 0 Å². The highest BCUT2D eigenvalue weighted by atomic mass is 28.3. The van der Waals surface area contributed by atoms with Crippen LogP contribution < -0.4 is 0 Å². The van der Waals surface area contributed by atoms with Gasteiger partial charge in [0.1, 0.15) is 0 Å². The van der Waals surface area contributed by atoms with Crippen molar-refractivity contribution in [2.45, 2.75) is 92.9 Å². The molecular formula is C16H36N2Si. The molecule has 0 saturated heterocycles. The minimum Gasteiger partial charge on any atom is -0.306 e. The van der Waals surface area contributed by atoms with Crippen molar-refractivity contribution in [3.63, 3.8) is 0 Å². The molecule has 0 spiro atoms. The van der Waals surface area contributed by atoms with E-state index in [1.807, 2.05) is 0 Å². The number of nitrogens with zero attached hydrogens (tertiary/aromatic N) is 2. The predicted molar refractivity (Wildman–Crippen MR) is 90.8 cm³/mol. The van der Waals surface area contributed by atoms with Gasteiger partial charge in [-0.05, 0) is 30.6 Å². The second-order valence-electron chi connectivity index (χ2n) is 6.52. The van der Waals surface area contributed by atoms with Gasteiger partial charge in [-0.15, -0.1) is 0 Å². The zero-order valence-corrected chi connectivity index (χ0v) is 15.8. The molecule has 0 heterocycles. The van der Waals surface area contributed by atoms with Crippen molar-refractivity contribution in [3.05, 3.63) is 11.8 Å². The highest BCUT2D eigenvalue weighted by Crippen LogP contribution is 2.18. The first kappa shape index (κ1) is 18.9. The topological polar surface area (TPSA) is 6.48 Å². The molecular weight excluding hydrogens is 248 g/mol. The Hall–Kier alpha value is -0.123. The van der Waals surface area contributed by atoms with Crippen molar-refractivity contribution >= 4 is 9.12 Å². The Balaban J connectivity index is 5.43. The molecule has 0 aromatic carbocycles. The quantitative estimate of drug-likeness (QED) is 0.623. The normalized spacial score (nSPS) is 13.7. The fraction of sp³-hybridized carbons (Fsp3) is 0.875. The van der Waals surface area contributed by atoms with Crippen LogP contribution in [0.5, 0.6) is 0 Å². The third-order valence-electron chi connectivity index (χ3n) is 3.54. The summed E-state index contributed by atoms with van der Waals surface area (Å²) in [6.07, 6.45) is 3.50. The van der Waals surface area contributed by atoms with E-state index in [1.54, 1.807) is 0 Å². The van der Waals surface area contributed by atoms with Crippen LogP contribution in [0.1, 0.15) is 68.7 Å². The van der Waals surface area contributed by atoms with E-state index in [0.717, 1.165) is 6.42 Å². The van der Waals surface area contributed by atoms with E-state index in [9.17, 15) is 0 Å². The molecule has 0 N–H and O–H groups in total. The van der Waals surface area contributed by atoms with Crippen LogP contribution in [0, 0.1) is 0 Å². The van der Waals surface area contributed by atoms with Gasteiger partial charge in [0.05, 0.1) is 0 Å². The molecule has 0 saturated carbocycles. The molecule has 0 radical (unpaired) electrons. The highest BCUT2D eigenvalue weighted by molar-refractivity contribution is 6.58. The van der Waals surface area contributed by atoms with Crippen molar-refractivity contribution in [1.82, 2.24) is 9.13 Å². The third kappa shape index (κ3) is 5.80. The smallest absolute Gasteiger partial charge is 0.216 e. The number of allylic oxidation sites excluding steroid dienone is 1. The molecule has 0 amide bonds. The van der Waals surface area contributed by atoms with Crippen molar-refractivity contribution in [2.24, 2.45) is 0 Å². The second kappa shape index (κ2) is 8.93. The standard InChI is InChI=1S/C16H36N2Si/c1-10-11-12-19(17(13(2)3)14(4)5)18(15(6)7)16(8)9/h11-16,19H,10H2,1-9H3. The van der Waals surface area contributed by atoms with E-state index in [-0.39, 0.29) is 0 Å². The number of rotatable bonds is 8. The molecule has 0 atom stereocenters. The SMILES string of the molecule is CCC=C[SiH](N(C(C)C)C(C)C)N(C(C)C)C(C)C. The summed E-state index contributed by atoms with van der Waals surface area (Å²) in [6.45, 7) is 20.9. The van der Waals surface area contributed by atoms with Gasteiger partial charge in [0.15, 0.2) is 0 Å². The van der Waals surface area contributed by atoms with Crippen LogP contribution in [-0.2, 0) is 0 Å². The molecule has 0 bridgehead atoms. The van der Waals surface area contributed by atoms with E-state index >= 15 is 0 Å². The van der Waals surface area contributed by atoms with Gasteiger partial charge >= 0.3 is 0 Å². The zero-order valence-electron chi connectivity index (χ0n) is 14.6. The summed E-state index contributed by atoms with van der Waals surface area (Å²) in [6, 6.07) is 2.44. The lowest BCUT2D eigenvalue weighted by molar-refractivity contribution is 0.227. The molecule has 114 valence electrons. The molecule has 3 heteroatoms. The molecule has 0 unspecified atom stereocenters. The van der Waals surface area contributed by atoms with Gasteiger partial charge in [-0.25, -0.2) is 0 Å². The van der Waals surface area contributed by atoms with Crippen LogP contribution in [0.4, 0.5) is 0 Å². The molecule has 0 aliphatic carbocycles. The molecule has 0 aliphatic rings. The van der Waals surface area contributed by atoms with E-state index in [1.165, 1.54) is 0 Å². The van der Waals surface area contributed by atoms with Gasteiger partial charge in [-0.1, -0.05) is 74.1 Å². The van der Waals surface area contributed by atoms with Crippen LogP contribution in [0.15, 0.2) is 11.8 Å². The molecule has 0 rings (SSSR count). The molecule has 2 nitrogen and oxygen atoms in total. The predicted octanol–water partition coefficient (Wildman–Crippen LogP) is 3.95. The van der Waals surface area contributed by atoms with Crippen LogP contribution in [-0.4, -0.2) is 42.4 Å². The van der Waals surface area contributed by atoms with Crippen LogP contribution >= 0.6 is 0 Å². The van der Waals surface area contributed by atoms with E-state index in [4.69, 9.17) is 0 Å². The summed E-state index contributed by atoms with van der Waals surface area (Å²) in [5, 5.41) is 0. The largest absolute Gasteiger partial charge is 0.306 e. The Morgan fingerprint density at radius 3 is 1.26 bits per heavy atom. The highest BCUT2D eigenvalue weighted by Gasteiger charge is 2.31. The van der Waals surface area contributed by atoms with E-state index in [0.29, 0.717) is 24.2 Å². The minimum atomic E-state index is -1.23. The van der Waals surface area contributed by atoms with E-state index < -0.39 is 9.12 Å². The Bertz CT molecular complexity index is 223. The first-order chi connectivity index (χ1) is 8.73. The maximum atomic E-state index is 2.74. The first-order valence-electron chi connectivity index (χ1n) is 7.95. The van der Waals surface area contributed by atoms with Gasteiger partial charge in [0.2, 0.25) is 9.12 Å². The molecule has 0 aliphatic heterocycles. The fourth-order valence-electron chi connectivity index (χ4n) is 3.02. The van der Waals surface area contributed by atoms with Crippen molar-refractivity contribution in [1.29, 1.82) is 0 Å². The minimum absolute atomic E-state index is 0.609. The van der Waals surface area contributed by atoms with Crippen molar-refractivity contribution in [3.8, 4) is 0 Å². The van der Waals surface area contributed by atoms with Crippen LogP contribution in [0.25, 0.3) is 0 Å². The fourth-order valence-corrected chi connectivity index (χ4v) is 6.69. The summed E-state index contributed by atoms with van der Waals surface area (Å²) in [4.78, 5) is 0. The number of hydrogen-bond acceptors (Lipinski definition) is 2. The van der Waals surface area contributed by atoms with Crippen LogP contribution in [0.2, 0.25) is 0 Å². The van der Waals surface area contributed by atoms with Gasteiger partial charge in [0, 0.05) is 0 Å². The first-order valence-corrected chi connectivity index (χ1v) is 9.65. The Morgan fingerprint density at radius 2 is 1.05 bits per heavy atom. The molecule has 0 aromatic rings. The molecule has 19 heavy (non-hydrogen) atoms. The summed E-state index contributed by atoms with van der Waals surface area (Å²) in [7, 11) is -1.23. The average Bonchev–Trinajstić information content (AvgIpc) is 2.23. The lowest BCUT2D eigenvalue weighted by atomic mass is 10.3. The summed E-state index contributed by atoms with van der Waals surface area (Å²) in [5.74, 6) is 0. The maximum Gasteiger partial charge on any atom is 0.216 e. The maximum absolute atomic E-state index is 2.74. The zero-order chi connectivity index (χ0) is 15.2. The summed E-state index contributed by atoms with van der Waals surface area (Å²) in [5.41, 5.74) is 2.53. The van der Waals surface area contributed by atoms with Gasteiger partial charge in [-0.3, -0.25) is 0 Å². The second-order valence-corrected chi connectivity index (χ2v) is 8.92. The van der Waals surface area contributed by atoms with E-state index in [2.05, 4.69) is 83.2 Å². The summed E-state index contributed by atoms with van der Waals surface area (Å²) < 4.78 is 5.48. The Kier molecular flexibility index (Phi) is 8.87. The molecule has 0 fully saturated rings. The average molecular weight is 285 g/mol. The number of hydrogen-bond donors (Lipinski definition) is 0. The monoisotopic (exact) mass is 284 g/mol. The lowest BCUT2D eigenvalue weighted by Gasteiger charge is -2.45. The third-order valence-corrected chi connectivity index (χ3v) is 7.76. The summed E-state index contributed by atoms with van der Waals surface area (Å²) >= 11 is 0. The van der Waals surface area contributed by atoms with Crippen molar-refractivity contribution < 1.29 is 0 Å². The Labute approximate surface area is 123 Å². The van der Waals surface area contributed by atoms with Crippen molar-refractivity contribution in [2.75, 3.05) is 0 Å². The molecule has 0 aromatic heterocycles.